The van der Waals surface area contributed by atoms with Gasteiger partial charge >= 0.3 is 0 Å². The highest BCUT2D eigenvalue weighted by Gasteiger charge is 2.14. The van der Waals surface area contributed by atoms with E-state index in [9.17, 15) is 0 Å². The Labute approximate surface area is 97.9 Å². The maximum Gasteiger partial charge on any atom is 0.232 e. The summed E-state index contributed by atoms with van der Waals surface area (Å²) < 4.78 is 7.33. The molecule has 0 saturated carbocycles. The van der Waals surface area contributed by atoms with Gasteiger partial charge in [-0.2, -0.15) is 5.10 Å². The van der Waals surface area contributed by atoms with Gasteiger partial charge in [-0.05, 0) is 18.6 Å². The summed E-state index contributed by atoms with van der Waals surface area (Å²) in [6.07, 6.45) is 1.66. The largest absolute Gasteiger partial charge is 0.436 e. The van der Waals surface area contributed by atoms with Gasteiger partial charge in [-0.25, -0.2) is 4.98 Å². The molecule has 2 heterocycles. The van der Waals surface area contributed by atoms with E-state index in [0.29, 0.717) is 11.7 Å². The maximum absolute atomic E-state index is 5.89. The maximum atomic E-state index is 5.89. The zero-order chi connectivity index (χ0) is 12.0. The molecule has 0 fully saturated rings. The molecule has 5 heteroatoms. The van der Waals surface area contributed by atoms with Crippen molar-refractivity contribution in [2.24, 2.45) is 7.05 Å². The van der Waals surface area contributed by atoms with Crippen molar-refractivity contribution in [1.82, 2.24) is 14.8 Å². The van der Waals surface area contributed by atoms with E-state index >= 15 is 0 Å². The molecule has 2 aromatic heterocycles. The third-order valence-electron chi connectivity index (χ3n) is 2.83. The zero-order valence-electron chi connectivity index (χ0n) is 9.64. The fourth-order valence-electron chi connectivity index (χ4n) is 1.81. The lowest BCUT2D eigenvalue weighted by Gasteiger charge is -1.94. The fourth-order valence-corrected chi connectivity index (χ4v) is 1.81. The Balaban J connectivity index is 2.25. The molecule has 2 N–H and O–H groups in total. The number of benzene rings is 1. The van der Waals surface area contributed by atoms with E-state index in [1.165, 1.54) is 0 Å². The van der Waals surface area contributed by atoms with Gasteiger partial charge in [0.25, 0.3) is 0 Å². The van der Waals surface area contributed by atoms with Gasteiger partial charge in [-0.15, -0.1) is 0 Å². The summed E-state index contributed by atoms with van der Waals surface area (Å²) in [7, 11) is 1.78. The minimum atomic E-state index is 0.514. The first-order valence-electron chi connectivity index (χ1n) is 5.31. The van der Waals surface area contributed by atoms with Gasteiger partial charge in [0.1, 0.15) is 11.3 Å². The summed E-state index contributed by atoms with van der Waals surface area (Å²) in [6, 6.07) is 5.86. The molecule has 3 rings (SSSR count). The molecule has 0 atom stereocenters. The summed E-state index contributed by atoms with van der Waals surface area (Å²) >= 11 is 0. The predicted molar refractivity (Wildman–Crippen MR) is 65.4 cm³/mol. The third kappa shape index (κ3) is 1.39. The average molecular weight is 228 g/mol. The van der Waals surface area contributed by atoms with Crippen molar-refractivity contribution in [3.05, 3.63) is 30.0 Å². The Kier molecular flexibility index (Phi) is 1.95. The lowest BCUT2D eigenvalue weighted by molar-refractivity contribution is 0.617. The Morgan fingerprint density at radius 2 is 2.18 bits per heavy atom. The van der Waals surface area contributed by atoms with Crippen LogP contribution in [0.3, 0.4) is 0 Å². The third-order valence-corrected chi connectivity index (χ3v) is 2.83. The smallest absolute Gasteiger partial charge is 0.232 e. The highest BCUT2D eigenvalue weighted by atomic mass is 16.3. The van der Waals surface area contributed by atoms with E-state index in [2.05, 4.69) is 10.1 Å². The number of para-hydroxylation sites is 1. The first-order chi connectivity index (χ1) is 8.16. The predicted octanol–water partition coefficient (Wildman–Crippen LogP) is 2.12. The normalized spacial score (nSPS) is 11.2. The number of fused-ring (bicyclic) bond motifs is 1. The van der Waals surface area contributed by atoms with Gasteiger partial charge in [0.2, 0.25) is 5.89 Å². The number of nitrogen functional groups attached to an aromatic ring is 1. The molecule has 17 heavy (non-hydrogen) atoms. The topological polar surface area (TPSA) is 69.9 Å². The molecule has 0 amide bonds. The van der Waals surface area contributed by atoms with Gasteiger partial charge in [0, 0.05) is 7.05 Å². The van der Waals surface area contributed by atoms with E-state index in [0.717, 1.165) is 22.2 Å². The second-order valence-electron chi connectivity index (χ2n) is 4.01. The van der Waals surface area contributed by atoms with Gasteiger partial charge in [-0.1, -0.05) is 12.1 Å². The molecule has 3 aromatic rings. The Hall–Kier alpha value is -2.30. The molecule has 0 bridgehead atoms. The van der Waals surface area contributed by atoms with Crippen LogP contribution in [-0.2, 0) is 7.05 Å². The number of aryl methyl sites for hydroxylation is 2. The monoisotopic (exact) mass is 228 g/mol. The number of anilines is 1. The van der Waals surface area contributed by atoms with Crippen LogP contribution in [0, 0.1) is 6.92 Å². The van der Waals surface area contributed by atoms with E-state index in [1.807, 2.05) is 25.1 Å². The molecule has 0 aliphatic rings. The minimum Gasteiger partial charge on any atom is -0.436 e. The lowest BCUT2D eigenvalue weighted by atomic mass is 10.2. The number of aromatic nitrogens is 3. The van der Waals surface area contributed by atoms with E-state index < -0.39 is 0 Å². The van der Waals surface area contributed by atoms with Crippen LogP contribution in [0.4, 0.5) is 5.82 Å². The number of hydrogen-bond acceptors (Lipinski definition) is 4. The van der Waals surface area contributed by atoms with Crippen molar-refractivity contribution < 1.29 is 4.42 Å². The number of nitrogens with zero attached hydrogens (tertiary/aromatic N) is 3. The van der Waals surface area contributed by atoms with E-state index in [1.54, 1.807) is 17.9 Å². The van der Waals surface area contributed by atoms with Crippen LogP contribution in [0.2, 0.25) is 0 Å². The van der Waals surface area contributed by atoms with Crippen molar-refractivity contribution in [2.75, 3.05) is 5.73 Å². The molecule has 0 aliphatic heterocycles. The molecule has 0 saturated heterocycles. The second-order valence-corrected chi connectivity index (χ2v) is 4.01. The first-order valence-corrected chi connectivity index (χ1v) is 5.31. The molecule has 0 spiro atoms. The van der Waals surface area contributed by atoms with Crippen LogP contribution in [0.5, 0.6) is 0 Å². The van der Waals surface area contributed by atoms with Crippen LogP contribution in [0.15, 0.2) is 28.8 Å². The summed E-state index contributed by atoms with van der Waals surface area (Å²) in [4.78, 5) is 4.42. The van der Waals surface area contributed by atoms with E-state index in [4.69, 9.17) is 10.2 Å². The molecular formula is C12H12N4O. The second kappa shape index (κ2) is 3.35. The number of hydrogen-bond donors (Lipinski definition) is 1. The van der Waals surface area contributed by atoms with Gasteiger partial charge < -0.3 is 10.2 Å². The number of oxazole rings is 1. The lowest BCUT2D eigenvalue weighted by Crippen LogP contribution is -1.97. The summed E-state index contributed by atoms with van der Waals surface area (Å²) in [5.41, 5.74) is 9.31. The fraction of sp³-hybridized carbons (Fsp3) is 0.167. The minimum absolute atomic E-state index is 0.514. The summed E-state index contributed by atoms with van der Waals surface area (Å²) in [5, 5.41) is 4.08. The van der Waals surface area contributed by atoms with Crippen LogP contribution >= 0.6 is 0 Å². The number of nitrogens with two attached hydrogens (primary N) is 1. The van der Waals surface area contributed by atoms with Crippen LogP contribution in [0.25, 0.3) is 22.6 Å². The van der Waals surface area contributed by atoms with E-state index in [-0.39, 0.29) is 0 Å². The highest BCUT2D eigenvalue weighted by Crippen LogP contribution is 2.29. The molecular weight excluding hydrogens is 216 g/mol. The van der Waals surface area contributed by atoms with Crippen molar-refractivity contribution in [2.45, 2.75) is 6.92 Å². The van der Waals surface area contributed by atoms with Crippen molar-refractivity contribution in [3.63, 3.8) is 0 Å². The molecule has 0 unspecified atom stereocenters. The van der Waals surface area contributed by atoms with Crippen molar-refractivity contribution in [1.29, 1.82) is 0 Å². The Bertz CT molecular complexity index is 696. The quantitative estimate of drug-likeness (QED) is 0.692. The first kappa shape index (κ1) is 9.89. The molecule has 86 valence electrons. The average Bonchev–Trinajstić information content (AvgIpc) is 2.85. The van der Waals surface area contributed by atoms with Crippen molar-refractivity contribution >= 4 is 16.9 Å². The molecule has 0 aliphatic carbocycles. The highest BCUT2D eigenvalue weighted by molar-refractivity contribution is 5.80. The standard InChI is InChI=1S/C12H12N4O/c1-7-4-3-5-9-10(7)17-12(15-9)8-6-14-16(2)11(8)13/h3-6H,13H2,1-2H3. The van der Waals surface area contributed by atoms with Gasteiger partial charge in [0.15, 0.2) is 5.58 Å². The van der Waals surface area contributed by atoms with Crippen LogP contribution < -0.4 is 5.73 Å². The molecule has 1 aromatic carbocycles. The summed E-state index contributed by atoms with van der Waals surface area (Å²) in [5.74, 6) is 1.06. The summed E-state index contributed by atoms with van der Waals surface area (Å²) in [6.45, 7) is 1.99. The molecule has 0 radical (unpaired) electrons. The zero-order valence-corrected chi connectivity index (χ0v) is 9.64. The van der Waals surface area contributed by atoms with Gasteiger partial charge in [-0.3, -0.25) is 4.68 Å². The Morgan fingerprint density at radius 3 is 2.82 bits per heavy atom. The SMILES string of the molecule is Cc1cccc2nc(-c3cnn(C)c3N)oc12. The number of rotatable bonds is 1. The van der Waals surface area contributed by atoms with Gasteiger partial charge in [0.05, 0.1) is 11.8 Å². The Morgan fingerprint density at radius 1 is 1.35 bits per heavy atom. The van der Waals surface area contributed by atoms with Crippen molar-refractivity contribution in [3.8, 4) is 11.5 Å². The van der Waals surface area contributed by atoms with Crippen LogP contribution in [0.1, 0.15) is 5.56 Å². The van der Waals surface area contributed by atoms with Crippen LogP contribution in [-0.4, -0.2) is 14.8 Å². The molecule has 5 nitrogen and oxygen atoms in total.